The average molecular weight is 436 g/mol. The monoisotopic (exact) mass is 435 g/mol. The Kier molecular flexibility index (Phi) is 8.01. The third kappa shape index (κ3) is 6.79. The Morgan fingerprint density at radius 3 is 2.26 bits per heavy atom. The lowest BCUT2D eigenvalue weighted by Crippen LogP contribution is -2.22. The number of rotatable bonds is 9. The summed E-state index contributed by atoms with van der Waals surface area (Å²) < 4.78 is 11.1. The van der Waals surface area contributed by atoms with Crippen LogP contribution in [-0.4, -0.2) is 19.1 Å². The molecule has 0 unspecified atom stereocenters. The fourth-order valence-corrected chi connectivity index (χ4v) is 3.87. The minimum absolute atomic E-state index is 0.0673. The van der Waals surface area contributed by atoms with Gasteiger partial charge in [-0.25, -0.2) is 0 Å². The molecule has 0 aliphatic heterocycles. The van der Waals surface area contributed by atoms with Crippen LogP contribution in [0, 0.1) is 6.92 Å². The van der Waals surface area contributed by atoms with E-state index in [-0.39, 0.29) is 12.0 Å². The number of aryl methyl sites for hydroxylation is 1. The lowest BCUT2D eigenvalue weighted by molar-refractivity contribution is 0.0951. The van der Waals surface area contributed by atoms with Crippen LogP contribution in [0.4, 0.5) is 0 Å². The van der Waals surface area contributed by atoms with Crippen LogP contribution in [0.3, 0.4) is 0 Å². The molecule has 0 radical (unpaired) electrons. The van der Waals surface area contributed by atoms with Crippen molar-refractivity contribution >= 4 is 17.7 Å². The second-order valence-electron chi connectivity index (χ2n) is 7.63. The highest BCUT2D eigenvalue weighted by molar-refractivity contribution is 7.98. The van der Waals surface area contributed by atoms with Gasteiger partial charge in [-0.2, -0.15) is 0 Å². The zero-order chi connectivity index (χ0) is 22.2. The van der Waals surface area contributed by atoms with Gasteiger partial charge in [0.2, 0.25) is 0 Å². The zero-order valence-electron chi connectivity index (χ0n) is 18.5. The Balaban J connectivity index is 1.54. The summed E-state index contributed by atoms with van der Waals surface area (Å²) in [6, 6.07) is 22.0. The highest BCUT2D eigenvalue weighted by atomic mass is 32.2. The minimum Gasteiger partial charge on any atom is -0.493 e. The van der Waals surface area contributed by atoms with Crippen molar-refractivity contribution in [3.05, 3.63) is 89.0 Å². The molecule has 0 heterocycles. The smallest absolute Gasteiger partial charge is 0.251 e. The van der Waals surface area contributed by atoms with Crippen molar-refractivity contribution in [1.29, 1.82) is 0 Å². The largest absolute Gasteiger partial charge is 0.493 e. The van der Waals surface area contributed by atoms with Gasteiger partial charge in [-0.05, 0) is 68.3 Å². The van der Waals surface area contributed by atoms with E-state index in [0.29, 0.717) is 23.6 Å². The van der Waals surface area contributed by atoms with E-state index in [1.807, 2.05) is 56.3 Å². The summed E-state index contributed by atoms with van der Waals surface area (Å²) in [7, 11) is 1.61. The average Bonchev–Trinajstić information content (AvgIpc) is 2.77. The third-order valence-electron chi connectivity index (χ3n) is 4.69. The fourth-order valence-electron chi connectivity index (χ4n) is 3.01. The highest BCUT2D eigenvalue weighted by Crippen LogP contribution is 2.29. The van der Waals surface area contributed by atoms with E-state index in [4.69, 9.17) is 9.47 Å². The fraction of sp³-hybridized carbons (Fsp3) is 0.269. The molecule has 3 aromatic carbocycles. The second kappa shape index (κ2) is 10.9. The van der Waals surface area contributed by atoms with Crippen LogP contribution < -0.4 is 14.8 Å². The highest BCUT2D eigenvalue weighted by Gasteiger charge is 2.10. The molecule has 0 aliphatic carbocycles. The van der Waals surface area contributed by atoms with E-state index < -0.39 is 0 Å². The van der Waals surface area contributed by atoms with Crippen molar-refractivity contribution in [2.75, 3.05) is 7.11 Å². The van der Waals surface area contributed by atoms with Gasteiger partial charge in [0.25, 0.3) is 5.91 Å². The van der Waals surface area contributed by atoms with Crippen LogP contribution in [0.5, 0.6) is 11.5 Å². The van der Waals surface area contributed by atoms with Crippen LogP contribution in [0.25, 0.3) is 0 Å². The maximum absolute atomic E-state index is 12.5. The van der Waals surface area contributed by atoms with Gasteiger partial charge in [0.15, 0.2) is 11.5 Å². The van der Waals surface area contributed by atoms with Crippen molar-refractivity contribution in [2.24, 2.45) is 0 Å². The van der Waals surface area contributed by atoms with E-state index in [2.05, 4.69) is 36.5 Å². The van der Waals surface area contributed by atoms with E-state index in [1.165, 1.54) is 16.0 Å². The van der Waals surface area contributed by atoms with E-state index in [0.717, 1.165) is 11.3 Å². The number of methoxy groups -OCH3 is 1. The van der Waals surface area contributed by atoms with Crippen molar-refractivity contribution in [1.82, 2.24) is 5.32 Å². The van der Waals surface area contributed by atoms with Crippen LogP contribution >= 0.6 is 11.8 Å². The molecule has 0 aliphatic rings. The summed E-state index contributed by atoms with van der Waals surface area (Å²) in [5, 5.41) is 2.97. The lowest BCUT2D eigenvalue weighted by atomic mass is 10.1. The molecule has 1 amide bonds. The van der Waals surface area contributed by atoms with Gasteiger partial charge in [-0.1, -0.05) is 35.9 Å². The summed E-state index contributed by atoms with van der Waals surface area (Å²) in [5.74, 6) is 2.14. The van der Waals surface area contributed by atoms with Crippen molar-refractivity contribution in [2.45, 2.75) is 44.1 Å². The first-order chi connectivity index (χ1) is 14.9. The molecule has 3 rings (SSSR count). The van der Waals surface area contributed by atoms with Crippen LogP contribution in [-0.2, 0) is 12.3 Å². The first kappa shape index (κ1) is 22.8. The maximum atomic E-state index is 12.5. The number of benzene rings is 3. The molecule has 5 heteroatoms. The number of ether oxygens (including phenoxy) is 2. The van der Waals surface area contributed by atoms with E-state index >= 15 is 0 Å². The number of nitrogens with one attached hydrogen (secondary N) is 1. The minimum atomic E-state index is -0.0980. The van der Waals surface area contributed by atoms with Gasteiger partial charge >= 0.3 is 0 Å². The van der Waals surface area contributed by atoms with Gasteiger partial charge in [-0.3, -0.25) is 4.79 Å². The van der Waals surface area contributed by atoms with Crippen molar-refractivity contribution < 1.29 is 14.3 Å². The zero-order valence-corrected chi connectivity index (χ0v) is 19.3. The van der Waals surface area contributed by atoms with Gasteiger partial charge in [0, 0.05) is 22.8 Å². The Hall–Kier alpha value is -2.92. The molecule has 0 atom stereocenters. The number of carbonyl (C=O) groups excluding carboxylic acids is 1. The Bertz CT molecular complexity index is 998. The molecule has 0 saturated heterocycles. The standard InChI is InChI=1S/C26H29NO3S/c1-18(2)30-24-14-9-21(15-25(24)29-4)16-27-26(28)22-10-7-20(8-11-22)17-31-23-12-5-19(3)6-13-23/h5-15,18H,16-17H2,1-4H3,(H,27,28). The third-order valence-corrected chi connectivity index (χ3v) is 5.77. The Morgan fingerprint density at radius 1 is 0.935 bits per heavy atom. The van der Waals surface area contributed by atoms with Crippen molar-refractivity contribution in [3.8, 4) is 11.5 Å². The Labute approximate surface area is 189 Å². The molecule has 3 aromatic rings. The van der Waals surface area contributed by atoms with Crippen LogP contribution in [0.2, 0.25) is 0 Å². The summed E-state index contributed by atoms with van der Waals surface area (Å²) >= 11 is 1.79. The number of hydrogen-bond acceptors (Lipinski definition) is 4. The molecule has 1 N–H and O–H groups in total. The summed E-state index contributed by atoms with van der Waals surface area (Å²) in [6.45, 7) is 6.45. The van der Waals surface area contributed by atoms with Crippen LogP contribution in [0.1, 0.15) is 40.9 Å². The normalized spacial score (nSPS) is 10.7. The molecule has 4 nitrogen and oxygen atoms in total. The molecule has 0 spiro atoms. The SMILES string of the molecule is COc1cc(CNC(=O)c2ccc(CSc3ccc(C)cc3)cc2)ccc1OC(C)C. The molecule has 0 fully saturated rings. The van der Waals surface area contributed by atoms with Gasteiger partial charge in [-0.15, -0.1) is 11.8 Å². The topological polar surface area (TPSA) is 47.6 Å². The number of thioether (sulfide) groups is 1. The predicted molar refractivity (Wildman–Crippen MR) is 127 cm³/mol. The molecule has 0 aromatic heterocycles. The molecular formula is C26H29NO3S. The summed E-state index contributed by atoms with van der Waals surface area (Å²) in [5.41, 5.74) is 4.05. The number of hydrogen-bond donors (Lipinski definition) is 1. The molecule has 31 heavy (non-hydrogen) atoms. The van der Waals surface area contributed by atoms with Gasteiger partial charge in [0.1, 0.15) is 0 Å². The second-order valence-corrected chi connectivity index (χ2v) is 8.68. The lowest BCUT2D eigenvalue weighted by Gasteiger charge is -2.14. The first-order valence-corrected chi connectivity index (χ1v) is 11.3. The van der Waals surface area contributed by atoms with E-state index in [1.54, 1.807) is 18.9 Å². The van der Waals surface area contributed by atoms with E-state index in [9.17, 15) is 4.79 Å². The molecule has 0 bridgehead atoms. The quantitative estimate of drug-likeness (QED) is 0.418. The molecule has 0 saturated carbocycles. The Morgan fingerprint density at radius 2 is 1.61 bits per heavy atom. The maximum Gasteiger partial charge on any atom is 0.251 e. The number of carbonyl (C=O) groups is 1. The summed E-state index contributed by atoms with van der Waals surface area (Å²) in [4.78, 5) is 13.8. The predicted octanol–water partition coefficient (Wildman–Crippen LogP) is 6.01. The molecule has 162 valence electrons. The van der Waals surface area contributed by atoms with Crippen LogP contribution in [0.15, 0.2) is 71.6 Å². The van der Waals surface area contributed by atoms with Gasteiger partial charge in [0.05, 0.1) is 13.2 Å². The van der Waals surface area contributed by atoms with Gasteiger partial charge < -0.3 is 14.8 Å². The molecular weight excluding hydrogens is 406 g/mol. The van der Waals surface area contributed by atoms with Crippen molar-refractivity contribution in [3.63, 3.8) is 0 Å². The summed E-state index contributed by atoms with van der Waals surface area (Å²) in [6.07, 6.45) is 0.0673. The first-order valence-electron chi connectivity index (χ1n) is 10.3. The number of amides is 1.